The average Bonchev–Trinajstić information content (AvgIpc) is 3.04. The maximum atomic E-state index is 6.13. The number of halogens is 1. The molecule has 4 nitrogen and oxygen atoms in total. The summed E-state index contributed by atoms with van der Waals surface area (Å²) in [7, 11) is 0. The topological polar surface area (TPSA) is 56.7 Å². The van der Waals surface area contributed by atoms with E-state index < -0.39 is 0 Å². The van der Waals surface area contributed by atoms with Crippen molar-refractivity contribution in [2.75, 3.05) is 0 Å². The summed E-state index contributed by atoms with van der Waals surface area (Å²) in [4.78, 5) is 9.31. The zero-order chi connectivity index (χ0) is 13.7. The van der Waals surface area contributed by atoms with Gasteiger partial charge >= 0.3 is 0 Å². The van der Waals surface area contributed by atoms with Gasteiger partial charge in [0, 0.05) is 23.0 Å². The quantitative estimate of drug-likeness (QED) is 0.804. The van der Waals surface area contributed by atoms with Crippen LogP contribution in [0.3, 0.4) is 0 Å². The van der Waals surface area contributed by atoms with Crippen LogP contribution in [0.2, 0.25) is 5.02 Å². The summed E-state index contributed by atoms with van der Waals surface area (Å²) in [6.07, 6.45) is 2.39. The fourth-order valence-corrected chi connectivity index (χ4v) is 3.28. The monoisotopic (exact) mass is 304 g/mol. The second kappa shape index (κ2) is 4.55. The minimum absolute atomic E-state index is 0.472. The first-order valence-corrected chi connectivity index (χ1v) is 7.84. The summed E-state index contributed by atoms with van der Waals surface area (Å²) in [6.45, 7) is 0.472. The Morgan fingerprint density at radius 2 is 2.20 bits per heavy atom. The molecular formula is C14H13ClN4S. The van der Waals surface area contributed by atoms with Gasteiger partial charge in [-0.05, 0) is 31.0 Å². The lowest BCUT2D eigenvalue weighted by atomic mass is 10.3. The third-order valence-electron chi connectivity index (χ3n) is 3.52. The number of fused-ring (bicyclic) bond motifs is 1. The van der Waals surface area contributed by atoms with Crippen LogP contribution in [0.25, 0.3) is 22.6 Å². The van der Waals surface area contributed by atoms with Crippen LogP contribution in [0.15, 0.2) is 23.6 Å². The Balaban J connectivity index is 1.95. The zero-order valence-electron chi connectivity index (χ0n) is 10.7. The van der Waals surface area contributed by atoms with Crippen molar-refractivity contribution in [3.8, 4) is 11.5 Å². The van der Waals surface area contributed by atoms with Gasteiger partial charge in [0.25, 0.3) is 0 Å². The Labute approximate surface area is 125 Å². The van der Waals surface area contributed by atoms with Crippen LogP contribution in [-0.4, -0.2) is 14.5 Å². The minimum Gasteiger partial charge on any atom is -0.325 e. The molecule has 0 radical (unpaired) electrons. The van der Waals surface area contributed by atoms with E-state index in [0.717, 1.165) is 32.6 Å². The molecule has 3 aromatic rings. The highest BCUT2D eigenvalue weighted by molar-refractivity contribution is 7.09. The lowest BCUT2D eigenvalue weighted by Gasteiger charge is -2.05. The molecule has 0 spiro atoms. The lowest BCUT2D eigenvalue weighted by Crippen LogP contribution is -1.99. The van der Waals surface area contributed by atoms with Crippen LogP contribution < -0.4 is 5.73 Å². The largest absolute Gasteiger partial charge is 0.325 e. The predicted octanol–water partition coefficient (Wildman–Crippen LogP) is 3.61. The van der Waals surface area contributed by atoms with Crippen molar-refractivity contribution in [2.24, 2.45) is 5.73 Å². The van der Waals surface area contributed by atoms with Crippen molar-refractivity contribution in [2.45, 2.75) is 25.4 Å². The molecule has 20 heavy (non-hydrogen) atoms. The summed E-state index contributed by atoms with van der Waals surface area (Å²) in [6, 6.07) is 6.36. The summed E-state index contributed by atoms with van der Waals surface area (Å²) in [5.41, 5.74) is 8.63. The van der Waals surface area contributed by atoms with Crippen LogP contribution in [-0.2, 0) is 6.54 Å². The average molecular weight is 305 g/mol. The normalized spacial score (nSPS) is 15.1. The Bertz CT molecular complexity index is 788. The van der Waals surface area contributed by atoms with E-state index in [9.17, 15) is 0 Å². The van der Waals surface area contributed by atoms with Gasteiger partial charge in [0.05, 0.1) is 11.0 Å². The number of rotatable bonds is 3. The second-order valence-corrected chi connectivity index (χ2v) is 6.38. The summed E-state index contributed by atoms with van der Waals surface area (Å²) < 4.78 is 2.27. The molecule has 0 bridgehead atoms. The molecule has 1 aromatic carbocycles. The van der Waals surface area contributed by atoms with Gasteiger partial charge in [0.2, 0.25) is 0 Å². The van der Waals surface area contributed by atoms with Gasteiger partial charge < -0.3 is 10.3 Å². The number of imidazole rings is 1. The number of nitrogens with zero attached hydrogens (tertiary/aromatic N) is 3. The smallest absolute Gasteiger partial charge is 0.160 e. The van der Waals surface area contributed by atoms with Crippen molar-refractivity contribution in [1.29, 1.82) is 0 Å². The number of hydrogen-bond acceptors (Lipinski definition) is 4. The minimum atomic E-state index is 0.472. The van der Waals surface area contributed by atoms with E-state index in [0.29, 0.717) is 12.6 Å². The Hall–Kier alpha value is -1.43. The number of thiazole rings is 1. The second-order valence-electron chi connectivity index (χ2n) is 5.00. The number of nitrogens with two attached hydrogens (primary N) is 1. The van der Waals surface area contributed by atoms with Crippen molar-refractivity contribution >= 4 is 34.0 Å². The zero-order valence-corrected chi connectivity index (χ0v) is 12.3. The van der Waals surface area contributed by atoms with Crippen molar-refractivity contribution in [3.05, 3.63) is 33.6 Å². The van der Waals surface area contributed by atoms with Gasteiger partial charge in [-0.25, -0.2) is 9.97 Å². The highest BCUT2D eigenvalue weighted by Gasteiger charge is 2.29. The number of benzene rings is 1. The first kappa shape index (κ1) is 12.3. The molecule has 102 valence electrons. The van der Waals surface area contributed by atoms with Gasteiger partial charge in [-0.15, -0.1) is 11.3 Å². The van der Waals surface area contributed by atoms with Crippen LogP contribution >= 0.6 is 22.9 Å². The molecule has 1 saturated carbocycles. The van der Waals surface area contributed by atoms with Gasteiger partial charge in [0.1, 0.15) is 10.7 Å². The molecule has 2 heterocycles. The molecule has 0 aliphatic heterocycles. The number of hydrogen-bond donors (Lipinski definition) is 1. The van der Waals surface area contributed by atoms with E-state index in [1.165, 1.54) is 12.8 Å². The van der Waals surface area contributed by atoms with E-state index in [2.05, 4.69) is 9.55 Å². The van der Waals surface area contributed by atoms with Gasteiger partial charge in [-0.2, -0.15) is 0 Å². The fraction of sp³-hybridized carbons (Fsp3) is 0.286. The standard InChI is InChI=1S/C14H13ClN4S/c15-8-1-4-10-12(5-8)19(9-2-3-9)14(18-10)11-7-20-13(6-16)17-11/h1,4-5,7,9H,2-3,6,16H2. The van der Waals surface area contributed by atoms with Crippen molar-refractivity contribution in [1.82, 2.24) is 14.5 Å². The van der Waals surface area contributed by atoms with Crippen molar-refractivity contribution < 1.29 is 0 Å². The van der Waals surface area contributed by atoms with Crippen LogP contribution in [0.1, 0.15) is 23.9 Å². The Morgan fingerprint density at radius 1 is 1.35 bits per heavy atom. The first-order valence-electron chi connectivity index (χ1n) is 6.58. The molecular weight excluding hydrogens is 292 g/mol. The van der Waals surface area contributed by atoms with E-state index in [-0.39, 0.29) is 0 Å². The lowest BCUT2D eigenvalue weighted by molar-refractivity contribution is 0.772. The molecule has 2 N–H and O–H groups in total. The Morgan fingerprint density at radius 3 is 2.90 bits per heavy atom. The van der Waals surface area contributed by atoms with Gasteiger partial charge in [-0.3, -0.25) is 0 Å². The fourth-order valence-electron chi connectivity index (χ4n) is 2.46. The summed E-state index contributed by atoms with van der Waals surface area (Å²) in [5.74, 6) is 0.931. The maximum absolute atomic E-state index is 6.13. The van der Waals surface area contributed by atoms with E-state index in [1.807, 2.05) is 23.6 Å². The van der Waals surface area contributed by atoms with Gasteiger partial charge in [-0.1, -0.05) is 11.6 Å². The molecule has 0 amide bonds. The molecule has 6 heteroatoms. The molecule has 2 aromatic heterocycles. The molecule has 0 saturated heterocycles. The van der Waals surface area contributed by atoms with Crippen LogP contribution in [0, 0.1) is 0 Å². The highest BCUT2D eigenvalue weighted by Crippen LogP contribution is 2.41. The van der Waals surface area contributed by atoms with E-state index in [4.69, 9.17) is 22.3 Å². The molecule has 1 aliphatic rings. The molecule has 4 rings (SSSR count). The molecule has 0 unspecified atom stereocenters. The maximum Gasteiger partial charge on any atom is 0.160 e. The Kier molecular flexibility index (Phi) is 2.80. The molecule has 1 aliphatic carbocycles. The van der Waals surface area contributed by atoms with E-state index in [1.54, 1.807) is 11.3 Å². The third-order valence-corrected chi connectivity index (χ3v) is 4.63. The number of aromatic nitrogens is 3. The SMILES string of the molecule is NCc1nc(-c2nc3ccc(Cl)cc3n2C2CC2)cs1. The summed E-state index contributed by atoms with van der Waals surface area (Å²) in [5, 5.41) is 3.71. The summed E-state index contributed by atoms with van der Waals surface area (Å²) >= 11 is 7.71. The molecule has 1 fully saturated rings. The highest BCUT2D eigenvalue weighted by atomic mass is 35.5. The van der Waals surface area contributed by atoms with E-state index >= 15 is 0 Å². The van der Waals surface area contributed by atoms with Crippen molar-refractivity contribution in [3.63, 3.8) is 0 Å². The first-order chi connectivity index (χ1) is 9.76. The molecule has 0 atom stereocenters. The van der Waals surface area contributed by atoms with Crippen LogP contribution in [0.4, 0.5) is 0 Å². The van der Waals surface area contributed by atoms with Gasteiger partial charge in [0.15, 0.2) is 5.82 Å². The predicted molar refractivity (Wildman–Crippen MR) is 82.0 cm³/mol. The third kappa shape index (κ3) is 1.93. The van der Waals surface area contributed by atoms with Crippen LogP contribution in [0.5, 0.6) is 0 Å².